The van der Waals surface area contributed by atoms with Crippen LogP contribution in [0.2, 0.25) is 32.2 Å². The fourth-order valence-electron chi connectivity index (χ4n) is 2.77. The minimum atomic E-state index is -1.90. The Labute approximate surface area is 157 Å². The van der Waals surface area contributed by atoms with Gasteiger partial charge in [0.15, 0.2) is 16.6 Å². The third kappa shape index (κ3) is 8.85. The number of rotatable bonds is 11. The van der Waals surface area contributed by atoms with E-state index in [9.17, 15) is 14.7 Å². The molecule has 0 aliphatic carbocycles. The van der Waals surface area contributed by atoms with Crippen molar-refractivity contribution in [3.63, 3.8) is 0 Å². The molecule has 0 radical (unpaired) electrons. The molecular weight excluding hydrogens is 368 g/mol. The smallest absolute Gasteiger partial charge is 0.336 e. The van der Waals surface area contributed by atoms with Crippen molar-refractivity contribution >= 4 is 40.1 Å². The summed E-state index contributed by atoms with van der Waals surface area (Å²) in [5, 5.41) is 10.1. The minimum Gasteiger partial charge on any atom is -0.478 e. The van der Waals surface area contributed by atoms with Crippen LogP contribution < -0.4 is 0 Å². The van der Waals surface area contributed by atoms with Gasteiger partial charge in [-0.2, -0.15) is 0 Å². The van der Waals surface area contributed by atoms with E-state index in [1.54, 1.807) is 30.8 Å². The number of hydrogen-bond acceptors (Lipinski definition) is 4. The Morgan fingerprint density at radius 3 is 2.32 bits per heavy atom. The van der Waals surface area contributed by atoms with Gasteiger partial charge >= 0.3 is 5.97 Å². The van der Waals surface area contributed by atoms with Crippen molar-refractivity contribution in [3.05, 3.63) is 29.8 Å². The van der Waals surface area contributed by atoms with Crippen molar-refractivity contribution in [2.24, 2.45) is 0 Å². The Balaban J connectivity index is 2.57. The van der Waals surface area contributed by atoms with Crippen LogP contribution in [0.3, 0.4) is 0 Å². The number of carbonyl (C=O) groups is 2. The van der Waals surface area contributed by atoms with E-state index in [-0.39, 0.29) is 5.78 Å². The van der Waals surface area contributed by atoms with Crippen LogP contribution >= 0.6 is 11.8 Å². The fourth-order valence-corrected chi connectivity index (χ4v) is 13.5. The molecule has 1 rings (SSSR count). The summed E-state index contributed by atoms with van der Waals surface area (Å²) in [6.45, 7) is 10.5. The first kappa shape index (κ1) is 22.1. The van der Waals surface area contributed by atoms with Crippen LogP contribution in [-0.4, -0.2) is 38.9 Å². The van der Waals surface area contributed by atoms with Crippen molar-refractivity contribution in [2.75, 3.05) is 5.38 Å². The summed E-state index contributed by atoms with van der Waals surface area (Å²) in [7, 11) is -3.66. The van der Waals surface area contributed by atoms with Crippen molar-refractivity contribution in [2.45, 2.75) is 63.3 Å². The Morgan fingerprint density at radius 2 is 1.72 bits per heavy atom. The number of carbonyl (C=O) groups excluding carboxylic acids is 1. The highest BCUT2D eigenvalue weighted by molar-refractivity contribution is 8.01. The van der Waals surface area contributed by atoms with Gasteiger partial charge in [0.05, 0.1) is 5.56 Å². The van der Waals surface area contributed by atoms with Gasteiger partial charge in [-0.3, -0.25) is 0 Å². The maximum absolute atomic E-state index is 11.3. The zero-order valence-corrected chi connectivity index (χ0v) is 18.7. The molecule has 0 aliphatic rings. The normalized spacial score (nSPS) is 12.2. The minimum absolute atomic E-state index is 0.253. The van der Waals surface area contributed by atoms with E-state index in [0.717, 1.165) is 29.2 Å². The zero-order chi connectivity index (χ0) is 19.1. The number of aromatic carboxylic acids is 1. The first-order chi connectivity index (χ1) is 11.5. The van der Waals surface area contributed by atoms with E-state index in [2.05, 4.69) is 26.2 Å². The average molecular weight is 399 g/mol. The molecule has 0 aromatic heterocycles. The SMILES string of the molecule is CC(=O)CCCC[Si](C)(C)O[Si](C)(C)CSc1ccccc1C(=O)O. The quantitative estimate of drug-likeness (QED) is 0.315. The third-order valence-corrected chi connectivity index (χ3v) is 13.8. The molecule has 0 amide bonds. The number of thioether (sulfide) groups is 1. The molecule has 0 saturated heterocycles. The lowest BCUT2D eigenvalue weighted by Gasteiger charge is -2.34. The van der Waals surface area contributed by atoms with E-state index in [1.165, 1.54) is 0 Å². The Morgan fingerprint density at radius 1 is 1.08 bits per heavy atom. The summed E-state index contributed by atoms with van der Waals surface area (Å²) >= 11 is 1.59. The molecule has 1 aromatic carbocycles. The van der Waals surface area contributed by atoms with Crippen LogP contribution in [0.1, 0.15) is 36.5 Å². The average Bonchev–Trinajstić information content (AvgIpc) is 2.48. The van der Waals surface area contributed by atoms with Crippen LogP contribution in [0.25, 0.3) is 0 Å². The number of carboxylic acid groups (broad SMARTS) is 1. The highest BCUT2D eigenvalue weighted by Gasteiger charge is 2.33. The number of Topliss-reactive ketones (excluding diaryl/α,β-unsaturated/α-hetero) is 1. The lowest BCUT2D eigenvalue weighted by Crippen LogP contribution is -2.46. The molecule has 25 heavy (non-hydrogen) atoms. The topological polar surface area (TPSA) is 63.6 Å². The van der Waals surface area contributed by atoms with Crippen molar-refractivity contribution in [1.82, 2.24) is 0 Å². The van der Waals surface area contributed by atoms with Gasteiger partial charge in [-0.15, -0.1) is 11.8 Å². The van der Waals surface area contributed by atoms with Crippen LogP contribution in [0, 0.1) is 0 Å². The predicted octanol–water partition coefficient (Wildman–Crippen LogP) is 5.20. The maximum Gasteiger partial charge on any atom is 0.336 e. The summed E-state index contributed by atoms with van der Waals surface area (Å²) in [5.41, 5.74) is 0.359. The molecule has 0 unspecified atom stereocenters. The summed E-state index contributed by atoms with van der Waals surface area (Å²) in [5.74, 6) is -0.632. The van der Waals surface area contributed by atoms with Gasteiger partial charge in [0, 0.05) is 16.7 Å². The summed E-state index contributed by atoms with van der Waals surface area (Å²) in [6, 6.07) is 8.20. The van der Waals surface area contributed by atoms with Gasteiger partial charge in [0.1, 0.15) is 5.78 Å². The standard InChI is InChI=1S/C18H30O4SSi2/c1-15(19)10-8-9-13-24(2,3)22-25(4,5)14-23-17-12-7-6-11-16(17)18(20)21/h6-7,11-12H,8-10,13-14H2,1-5H3,(H,20,21). The van der Waals surface area contributed by atoms with Crippen molar-refractivity contribution < 1.29 is 18.8 Å². The van der Waals surface area contributed by atoms with E-state index >= 15 is 0 Å². The molecule has 140 valence electrons. The van der Waals surface area contributed by atoms with Crippen molar-refractivity contribution in [3.8, 4) is 0 Å². The monoisotopic (exact) mass is 398 g/mol. The molecule has 7 heteroatoms. The number of carboxylic acids is 1. The number of benzene rings is 1. The van der Waals surface area contributed by atoms with Crippen LogP contribution in [0.4, 0.5) is 0 Å². The zero-order valence-electron chi connectivity index (χ0n) is 15.9. The molecular formula is C18H30O4SSi2. The summed E-state index contributed by atoms with van der Waals surface area (Å²) in [6.07, 6.45) is 2.64. The Kier molecular flexibility index (Phi) is 8.60. The molecule has 0 spiro atoms. The lowest BCUT2D eigenvalue weighted by molar-refractivity contribution is -0.117. The molecule has 0 fully saturated rings. The summed E-state index contributed by atoms with van der Waals surface area (Å²) < 4.78 is 6.58. The highest BCUT2D eigenvalue weighted by atomic mass is 32.2. The third-order valence-electron chi connectivity index (χ3n) is 3.80. The second kappa shape index (κ2) is 9.71. The highest BCUT2D eigenvalue weighted by Crippen LogP contribution is 2.29. The van der Waals surface area contributed by atoms with E-state index in [1.807, 2.05) is 12.1 Å². The molecule has 0 bridgehead atoms. The number of ketones is 1. The molecule has 0 heterocycles. The molecule has 0 atom stereocenters. The molecule has 4 nitrogen and oxygen atoms in total. The molecule has 0 saturated carbocycles. The van der Waals surface area contributed by atoms with Gasteiger partial charge in [-0.1, -0.05) is 18.6 Å². The van der Waals surface area contributed by atoms with Gasteiger partial charge in [-0.25, -0.2) is 4.79 Å². The first-order valence-electron chi connectivity index (χ1n) is 8.67. The van der Waals surface area contributed by atoms with E-state index in [4.69, 9.17) is 4.12 Å². The van der Waals surface area contributed by atoms with Crippen LogP contribution in [0.5, 0.6) is 0 Å². The second-order valence-electron chi connectivity index (χ2n) is 7.62. The molecule has 1 N–H and O–H groups in total. The molecule has 1 aromatic rings. The Bertz CT molecular complexity index is 602. The predicted molar refractivity (Wildman–Crippen MR) is 110 cm³/mol. The number of unbranched alkanes of at least 4 members (excludes halogenated alkanes) is 1. The van der Waals surface area contributed by atoms with Crippen molar-refractivity contribution in [1.29, 1.82) is 0 Å². The Hall–Kier alpha value is -0.896. The van der Waals surface area contributed by atoms with E-state index in [0.29, 0.717) is 12.0 Å². The largest absolute Gasteiger partial charge is 0.478 e. The first-order valence-corrected chi connectivity index (χ1v) is 15.9. The second-order valence-corrected chi connectivity index (χ2v) is 17.9. The van der Waals surface area contributed by atoms with E-state index < -0.39 is 22.6 Å². The summed E-state index contributed by atoms with van der Waals surface area (Å²) in [4.78, 5) is 23.2. The van der Waals surface area contributed by atoms with Gasteiger partial charge in [-0.05, 0) is 57.7 Å². The fraction of sp³-hybridized carbons (Fsp3) is 0.556. The molecule has 0 aliphatic heterocycles. The van der Waals surface area contributed by atoms with Gasteiger partial charge < -0.3 is 14.0 Å². The maximum atomic E-state index is 11.3. The number of hydrogen-bond donors (Lipinski definition) is 1. The van der Waals surface area contributed by atoms with Crippen LogP contribution in [-0.2, 0) is 8.91 Å². The van der Waals surface area contributed by atoms with Crippen LogP contribution in [0.15, 0.2) is 29.2 Å². The lowest BCUT2D eigenvalue weighted by atomic mass is 10.2. The van der Waals surface area contributed by atoms with Gasteiger partial charge in [0.2, 0.25) is 0 Å². The van der Waals surface area contributed by atoms with Gasteiger partial charge in [0.25, 0.3) is 0 Å².